The second kappa shape index (κ2) is 12.5. The lowest BCUT2D eigenvalue weighted by Gasteiger charge is -2.16. The summed E-state index contributed by atoms with van der Waals surface area (Å²) in [6, 6.07) is 10.7. The topological polar surface area (TPSA) is 57.9 Å². The van der Waals surface area contributed by atoms with Gasteiger partial charge in [0.05, 0.1) is 5.69 Å². The molecule has 196 valence electrons. The lowest BCUT2D eigenvalue weighted by atomic mass is 9.98. The minimum atomic E-state index is -0.291. The zero-order valence-electron chi connectivity index (χ0n) is 22.4. The maximum absolute atomic E-state index is 14.5. The van der Waals surface area contributed by atoms with Gasteiger partial charge in [0.2, 0.25) is 0 Å². The molecule has 4 rings (SSSR count). The third kappa shape index (κ3) is 6.29. The van der Waals surface area contributed by atoms with Crippen LogP contribution in [0.15, 0.2) is 114 Å². The number of nitrogens with two attached hydrogens (primary N) is 1. The van der Waals surface area contributed by atoms with Gasteiger partial charge in [0, 0.05) is 47.0 Å². The molecule has 1 aromatic carbocycles. The summed E-state index contributed by atoms with van der Waals surface area (Å²) in [7, 11) is 0. The third-order valence-electron chi connectivity index (χ3n) is 7.03. The van der Waals surface area contributed by atoms with E-state index in [2.05, 4.69) is 46.3 Å². The van der Waals surface area contributed by atoms with Crippen molar-refractivity contribution in [3.05, 3.63) is 126 Å². The molecule has 0 amide bonds. The summed E-state index contributed by atoms with van der Waals surface area (Å²) in [6.07, 6.45) is 14.9. The van der Waals surface area contributed by atoms with Crippen molar-refractivity contribution in [3.63, 3.8) is 0 Å². The van der Waals surface area contributed by atoms with Gasteiger partial charge in [-0.15, -0.1) is 0 Å². The lowest BCUT2D eigenvalue weighted by Crippen LogP contribution is -2.21. The van der Waals surface area contributed by atoms with Crippen LogP contribution < -0.4 is 5.73 Å². The first-order chi connectivity index (χ1) is 18.4. The van der Waals surface area contributed by atoms with Crippen molar-refractivity contribution in [1.82, 2.24) is 14.9 Å². The number of halogens is 1. The number of fused-ring (bicyclic) bond motifs is 1. The molecule has 1 fully saturated rings. The van der Waals surface area contributed by atoms with E-state index in [1.54, 1.807) is 18.3 Å². The standard InChI is InChI=1S/C33H37FN4/c1-5-24(22-38-16-10-11-17-38)19-25(6-2)23(4)18-26(31(35)7-3)20-27-21-29-32(37-27)14-15-36-33(29)28-12-8-9-13-30(28)34/h5-9,12-15,18-19,21,37H,1,4,10-11,16-17,20,22,35H2,2-3H3/b24-19+,25-6+,26-18-,31-7+. The Balaban J connectivity index is 1.63. The van der Waals surface area contributed by atoms with E-state index in [0.29, 0.717) is 23.4 Å². The fourth-order valence-corrected chi connectivity index (χ4v) is 4.92. The van der Waals surface area contributed by atoms with E-state index in [9.17, 15) is 4.39 Å². The maximum Gasteiger partial charge on any atom is 0.132 e. The van der Waals surface area contributed by atoms with E-state index in [4.69, 9.17) is 5.73 Å². The van der Waals surface area contributed by atoms with Crippen LogP contribution in [0.25, 0.3) is 22.2 Å². The molecule has 1 aliphatic rings. The summed E-state index contributed by atoms with van der Waals surface area (Å²) < 4.78 is 14.5. The van der Waals surface area contributed by atoms with Crippen LogP contribution in [0, 0.1) is 5.82 Å². The first-order valence-corrected chi connectivity index (χ1v) is 13.2. The van der Waals surface area contributed by atoms with Crippen molar-refractivity contribution in [3.8, 4) is 11.3 Å². The molecule has 3 aromatic rings. The smallest absolute Gasteiger partial charge is 0.132 e. The molecule has 2 aromatic heterocycles. The molecule has 38 heavy (non-hydrogen) atoms. The Kier molecular flexibility index (Phi) is 8.93. The molecular weight excluding hydrogens is 471 g/mol. The van der Waals surface area contributed by atoms with Gasteiger partial charge in [-0.05, 0) is 92.4 Å². The summed E-state index contributed by atoms with van der Waals surface area (Å²) in [6.45, 7) is 15.5. The van der Waals surface area contributed by atoms with Gasteiger partial charge in [0.25, 0.3) is 0 Å². The van der Waals surface area contributed by atoms with Gasteiger partial charge in [0.15, 0.2) is 0 Å². The lowest BCUT2D eigenvalue weighted by molar-refractivity contribution is 0.371. The van der Waals surface area contributed by atoms with Crippen molar-refractivity contribution in [2.24, 2.45) is 5.73 Å². The Morgan fingerprint density at radius 1 is 1.13 bits per heavy atom. The summed E-state index contributed by atoms with van der Waals surface area (Å²) in [5, 5.41) is 0.874. The Hall–Kier alpha value is -3.96. The average molecular weight is 509 g/mol. The molecule has 0 aliphatic carbocycles. The second-order valence-corrected chi connectivity index (χ2v) is 9.66. The van der Waals surface area contributed by atoms with Crippen molar-refractivity contribution < 1.29 is 4.39 Å². The van der Waals surface area contributed by atoms with Crippen LogP contribution in [0.3, 0.4) is 0 Å². The van der Waals surface area contributed by atoms with Crippen molar-refractivity contribution >= 4 is 10.9 Å². The highest BCUT2D eigenvalue weighted by Crippen LogP contribution is 2.30. The van der Waals surface area contributed by atoms with Gasteiger partial charge >= 0.3 is 0 Å². The molecule has 3 N–H and O–H groups in total. The number of nitrogens with zero attached hydrogens (tertiary/aromatic N) is 2. The molecule has 0 unspecified atom stereocenters. The number of nitrogens with one attached hydrogen (secondary N) is 1. The number of benzene rings is 1. The zero-order valence-corrected chi connectivity index (χ0v) is 22.4. The Morgan fingerprint density at radius 2 is 1.89 bits per heavy atom. The average Bonchev–Trinajstić information content (AvgIpc) is 3.59. The maximum atomic E-state index is 14.5. The van der Waals surface area contributed by atoms with Crippen molar-refractivity contribution in [2.45, 2.75) is 33.1 Å². The largest absolute Gasteiger partial charge is 0.399 e. The number of aromatic nitrogens is 2. The molecule has 4 nitrogen and oxygen atoms in total. The monoisotopic (exact) mass is 508 g/mol. The minimum absolute atomic E-state index is 0.291. The highest BCUT2D eigenvalue weighted by molar-refractivity contribution is 5.93. The summed E-state index contributed by atoms with van der Waals surface area (Å²) >= 11 is 0. The van der Waals surface area contributed by atoms with Crippen LogP contribution in [0.2, 0.25) is 0 Å². The van der Waals surface area contributed by atoms with Gasteiger partial charge in [-0.3, -0.25) is 9.88 Å². The number of aromatic amines is 1. The number of hydrogen-bond donors (Lipinski definition) is 2. The predicted molar refractivity (Wildman–Crippen MR) is 158 cm³/mol. The predicted octanol–water partition coefficient (Wildman–Crippen LogP) is 7.41. The first kappa shape index (κ1) is 27.1. The van der Waals surface area contributed by atoms with Crippen LogP contribution in [0.4, 0.5) is 4.39 Å². The van der Waals surface area contributed by atoms with E-state index >= 15 is 0 Å². The van der Waals surface area contributed by atoms with Crippen molar-refractivity contribution in [1.29, 1.82) is 0 Å². The molecule has 5 heteroatoms. The molecule has 0 atom stereocenters. The van der Waals surface area contributed by atoms with Crippen LogP contribution in [0.1, 0.15) is 32.4 Å². The third-order valence-corrected chi connectivity index (χ3v) is 7.03. The van der Waals surface area contributed by atoms with E-state index in [0.717, 1.165) is 53.0 Å². The number of pyridine rings is 1. The first-order valence-electron chi connectivity index (χ1n) is 13.2. The number of likely N-dealkylation sites (tertiary alicyclic amines) is 1. The molecule has 0 bridgehead atoms. The molecule has 3 heterocycles. The molecule has 0 radical (unpaired) electrons. The van der Waals surface area contributed by atoms with Crippen LogP contribution in [0.5, 0.6) is 0 Å². The van der Waals surface area contributed by atoms with E-state index < -0.39 is 0 Å². The molecule has 1 saturated heterocycles. The van der Waals surface area contributed by atoms with Gasteiger partial charge in [-0.2, -0.15) is 0 Å². The van der Waals surface area contributed by atoms with Crippen LogP contribution in [-0.4, -0.2) is 34.5 Å². The SMILES string of the molecule is C=C/C(=C\C(=C/C)C(=C)/C=C(Cc1cc2c(-c3ccccc3F)nccc2[nH]1)\C(N)=C/C)CN1CCCC1. The summed E-state index contributed by atoms with van der Waals surface area (Å²) in [4.78, 5) is 10.4. The van der Waals surface area contributed by atoms with E-state index in [1.165, 1.54) is 24.5 Å². The highest BCUT2D eigenvalue weighted by Gasteiger charge is 2.15. The quantitative estimate of drug-likeness (QED) is 0.280. The number of hydrogen-bond acceptors (Lipinski definition) is 3. The molecule has 0 saturated carbocycles. The van der Waals surface area contributed by atoms with Crippen LogP contribution >= 0.6 is 0 Å². The Labute approximate surface area is 225 Å². The van der Waals surface area contributed by atoms with Crippen LogP contribution in [-0.2, 0) is 6.42 Å². The summed E-state index contributed by atoms with van der Waals surface area (Å²) in [5.41, 5.74) is 14.2. The fraction of sp³-hybridized carbons (Fsp3) is 0.242. The summed E-state index contributed by atoms with van der Waals surface area (Å²) in [5.74, 6) is -0.291. The zero-order chi connectivity index (χ0) is 27.1. The Morgan fingerprint density at radius 3 is 2.58 bits per heavy atom. The van der Waals surface area contributed by atoms with Gasteiger partial charge < -0.3 is 10.7 Å². The number of rotatable bonds is 10. The normalized spacial score (nSPS) is 15.9. The Bertz CT molecular complexity index is 1440. The minimum Gasteiger partial charge on any atom is -0.399 e. The van der Waals surface area contributed by atoms with Gasteiger partial charge in [-0.1, -0.05) is 49.6 Å². The van der Waals surface area contributed by atoms with Gasteiger partial charge in [0.1, 0.15) is 5.82 Å². The molecule has 0 spiro atoms. The number of allylic oxidation sites excluding steroid dienone is 7. The second-order valence-electron chi connectivity index (χ2n) is 9.66. The van der Waals surface area contributed by atoms with Gasteiger partial charge in [-0.25, -0.2) is 4.39 Å². The fourth-order valence-electron chi connectivity index (χ4n) is 4.92. The van der Waals surface area contributed by atoms with Crippen molar-refractivity contribution in [2.75, 3.05) is 19.6 Å². The molecule has 1 aliphatic heterocycles. The highest BCUT2D eigenvalue weighted by atomic mass is 19.1. The van der Waals surface area contributed by atoms with E-state index in [-0.39, 0.29) is 5.82 Å². The molecular formula is C33H37FN4. The van der Waals surface area contributed by atoms with E-state index in [1.807, 2.05) is 44.2 Å². The number of H-pyrrole nitrogens is 1.